The molecule has 0 amide bonds. The average Bonchev–Trinajstić information content (AvgIpc) is 2.84. The van der Waals surface area contributed by atoms with Crippen molar-refractivity contribution in [3.63, 3.8) is 0 Å². The van der Waals surface area contributed by atoms with Crippen LogP contribution in [0.15, 0.2) is 36.4 Å². The van der Waals surface area contributed by atoms with Crippen molar-refractivity contribution >= 4 is 5.69 Å². The molecule has 0 aliphatic carbocycles. The van der Waals surface area contributed by atoms with Crippen LogP contribution in [0.1, 0.15) is 12.0 Å². The number of hydrogen-bond acceptors (Lipinski definition) is 3. The molecule has 2 aromatic carbocycles. The largest absolute Gasteiger partial charge is 0.490 e. The lowest BCUT2D eigenvalue weighted by molar-refractivity contribution is 0.297. The molecule has 4 rings (SSSR count). The van der Waals surface area contributed by atoms with E-state index in [0.717, 1.165) is 44.1 Å². The summed E-state index contributed by atoms with van der Waals surface area (Å²) >= 11 is 0. The van der Waals surface area contributed by atoms with Crippen molar-refractivity contribution in [2.75, 3.05) is 25.1 Å². The van der Waals surface area contributed by atoms with Crippen LogP contribution in [0.3, 0.4) is 0 Å². The van der Waals surface area contributed by atoms with Crippen molar-refractivity contribution in [3.05, 3.63) is 42.0 Å². The molecule has 2 aliphatic rings. The van der Waals surface area contributed by atoms with Crippen LogP contribution in [-0.2, 0) is 6.42 Å². The minimum atomic E-state index is 0.727. The second-order valence-electron chi connectivity index (χ2n) is 5.22. The molecular formula is C17H17NO2. The summed E-state index contributed by atoms with van der Waals surface area (Å²) in [6, 6.07) is 12.7. The lowest BCUT2D eigenvalue weighted by Crippen LogP contribution is -1.97. The van der Waals surface area contributed by atoms with E-state index in [1.165, 1.54) is 22.4 Å². The minimum absolute atomic E-state index is 0.727. The van der Waals surface area contributed by atoms with E-state index in [-0.39, 0.29) is 0 Å². The first-order valence-corrected chi connectivity index (χ1v) is 7.17. The maximum Gasteiger partial charge on any atom is 0.161 e. The molecule has 0 atom stereocenters. The maximum absolute atomic E-state index is 5.79. The fourth-order valence-electron chi connectivity index (χ4n) is 2.95. The maximum atomic E-state index is 5.79. The van der Waals surface area contributed by atoms with Crippen LogP contribution in [-0.4, -0.2) is 19.8 Å². The highest BCUT2D eigenvalue weighted by Crippen LogP contribution is 2.38. The molecule has 3 heteroatoms. The molecule has 1 N–H and O–H groups in total. The summed E-state index contributed by atoms with van der Waals surface area (Å²) in [5, 5.41) is 3.43. The smallest absolute Gasteiger partial charge is 0.161 e. The lowest BCUT2D eigenvalue weighted by Gasteiger charge is -2.12. The van der Waals surface area contributed by atoms with Crippen LogP contribution in [0, 0.1) is 0 Å². The topological polar surface area (TPSA) is 30.5 Å². The van der Waals surface area contributed by atoms with E-state index in [2.05, 4.69) is 35.6 Å². The van der Waals surface area contributed by atoms with E-state index in [4.69, 9.17) is 9.47 Å². The molecule has 0 radical (unpaired) electrons. The Morgan fingerprint density at radius 2 is 1.85 bits per heavy atom. The van der Waals surface area contributed by atoms with Crippen LogP contribution in [0.25, 0.3) is 11.1 Å². The van der Waals surface area contributed by atoms with Crippen LogP contribution in [0.4, 0.5) is 5.69 Å². The predicted molar refractivity (Wildman–Crippen MR) is 79.7 cm³/mol. The van der Waals surface area contributed by atoms with Gasteiger partial charge in [0.15, 0.2) is 11.5 Å². The number of hydrogen-bond donors (Lipinski definition) is 1. The van der Waals surface area contributed by atoms with Crippen LogP contribution in [0.2, 0.25) is 0 Å². The van der Waals surface area contributed by atoms with E-state index in [9.17, 15) is 0 Å². The second-order valence-corrected chi connectivity index (χ2v) is 5.22. The van der Waals surface area contributed by atoms with Gasteiger partial charge in [-0.3, -0.25) is 0 Å². The number of nitrogens with one attached hydrogen (secondary N) is 1. The number of rotatable bonds is 1. The Balaban J connectivity index is 1.80. The van der Waals surface area contributed by atoms with E-state index >= 15 is 0 Å². The van der Waals surface area contributed by atoms with Gasteiger partial charge < -0.3 is 14.8 Å². The van der Waals surface area contributed by atoms with Gasteiger partial charge in [-0.1, -0.05) is 18.2 Å². The molecule has 0 spiro atoms. The van der Waals surface area contributed by atoms with E-state index in [1.807, 2.05) is 6.07 Å². The Morgan fingerprint density at radius 1 is 0.950 bits per heavy atom. The molecule has 2 aliphatic heterocycles. The zero-order valence-corrected chi connectivity index (χ0v) is 11.3. The summed E-state index contributed by atoms with van der Waals surface area (Å²) in [4.78, 5) is 0. The molecule has 20 heavy (non-hydrogen) atoms. The number of fused-ring (bicyclic) bond motifs is 2. The molecule has 0 aromatic heterocycles. The van der Waals surface area contributed by atoms with Crippen molar-refractivity contribution < 1.29 is 9.47 Å². The van der Waals surface area contributed by atoms with Gasteiger partial charge in [-0.15, -0.1) is 0 Å². The van der Waals surface area contributed by atoms with Gasteiger partial charge in [0.25, 0.3) is 0 Å². The molecule has 0 unspecified atom stereocenters. The predicted octanol–water partition coefficient (Wildman–Crippen LogP) is 3.48. The lowest BCUT2D eigenvalue weighted by atomic mass is 9.97. The molecule has 102 valence electrons. The van der Waals surface area contributed by atoms with Crippen molar-refractivity contribution in [2.45, 2.75) is 12.8 Å². The van der Waals surface area contributed by atoms with Crippen molar-refractivity contribution in [1.29, 1.82) is 0 Å². The van der Waals surface area contributed by atoms with Gasteiger partial charge >= 0.3 is 0 Å². The molecule has 3 nitrogen and oxygen atoms in total. The SMILES string of the molecule is c1cc2c(c(-c3ccc4c(c3)OCCCO4)c1)CCN2. The van der Waals surface area contributed by atoms with Gasteiger partial charge in [-0.05, 0) is 41.3 Å². The van der Waals surface area contributed by atoms with Gasteiger partial charge in [0.2, 0.25) is 0 Å². The van der Waals surface area contributed by atoms with Gasteiger partial charge in [0.1, 0.15) is 0 Å². The van der Waals surface area contributed by atoms with Crippen LogP contribution < -0.4 is 14.8 Å². The third-order valence-electron chi connectivity index (χ3n) is 3.92. The van der Waals surface area contributed by atoms with Gasteiger partial charge in [-0.25, -0.2) is 0 Å². The summed E-state index contributed by atoms with van der Waals surface area (Å²) in [6.45, 7) is 2.48. The van der Waals surface area contributed by atoms with Crippen molar-refractivity contribution in [2.24, 2.45) is 0 Å². The molecule has 0 saturated heterocycles. The standard InChI is InChI=1S/C17H17NO2/c1-3-13(14-7-8-18-15(14)4-1)12-5-6-16-17(11-12)20-10-2-9-19-16/h1,3-6,11,18H,2,7-10H2. The van der Waals surface area contributed by atoms with Crippen molar-refractivity contribution in [1.82, 2.24) is 0 Å². The van der Waals surface area contributed by atoms with Gasteiger partial charge in [0, 0.05) is 18.7 Å². The zero-order chi connectivity index (χ0) is 13.4. The number of benzene rings is 2. The fraction of sp³-hybridized carbons (Fsp3) is 0.294. The Labute approximate surface area is 118 Å². The first kappa shape index (κ1) is 11.6. The second kappa shape index (κ2) is 4.75. The summed E-state index contributed by atoms with van der Waals surface area (Å²) < 4.78 is 11.5. The first-order chi connectivity index (χ1) is 9.92. The molecule has 0 bridgehead atoms. The number of ether oxygens (including phenoxy) is 2. The normalized spacial score (nSPS) is 16.2. The summed E-state index contributed by atoms with van der Waals surface area (Å²) in [5.41, 5.74) is 5.16. The quantitative estimate of drug-likeness (QED) is 0.858. The highest BCUT2D eigenvalue weighted by atomic mass is 16.5. The summed E-state index contributed by atoms with van der Waals surface area (Å²) in [7, 11) is 0. The molecule has 0 saturated carbocycles. The first-order valence-electron chi connectivity index (χ1n) is 7.17. The fourth-order valence-corrected chi connectivity index (χ4v) is 2.95. The Bertz CT molecular complexity index is 651. The molecule has 0 fully saturated rings. The zero-order valence-electron chi connectivity index (χ0n) is 11.3. The molecular weight excluding hydrogens is 250 g/mol. The van der Waals surface area contributed by atoms with Crippen LogP contribution in [0.5, 0.6) is 11.5 Å². The van der Waals surface area contributed by atoms with Gasteiger partial charge in [0.05, 0.1) is 13.2 Å². The van der Waals surface area contributed by atoms with Crippen LogP contribution >= 0.6 is 0 Å². The monoisotopic (exact) mass is 267 g/mol. The molecule has 2 aromatic rings. The molecule has 2 heterocycles. The minimum Gasteiger partial charge on any atom is -0.490 e. The Hall–Kier alpha value is -2.16. The van der Waals surface area contributed by atoms with E-state index in [1.54, 1.807) is 0 Å². The Kier molecular flexibility index (Phi) is 2.76. The van der Waals surface area contributed by atoms with Gasteiger partial charge in [-0.2, -0.15) is 0 Å². The number of anilines is 1. The highest BCUT2D eigenvalue weighted by molar-refractivity contribution is 5.77. The van der Waals surface area contributed by atoms with Crippen molar-refractivity contribution in [3.8, 4) is 22.6 Å². The van der Waals surface area contributed by atoms with E-state index in [0.29, 0.717) is 0 Å². The average molecular weight is 267 g/mol. The third-order valence-corrected chi connectivity index (χ3v) is 3.92. The van der Waals surface area contributed by atoms with E-state index < -0.39 is 0 Å². The summed E-state index contributed by atoms with van der Waals surface area (Å²) in [6.07, 6.45) is 2.02. The Morgan fingerprint density at radius 3 is 2.80 bits per heavy atom. The highest BCUT2D eigenvalue weighted by Gasteiger charge is 2.17. The third kappa shape index (κ3) is 1.90. The summed E-state index contributed by atoms with van der Waals surface area (Å²) in [5.74, 6) is 1.72.